The molecule has 5 heteroatoms. The Hall–Kier alpha value is -1.62. The highest BCUT2D eigenvalue weighted by molar-refractivity contribution is 9.09. The summed E-state index contributed by atoms with van der Waals surface area (Å²) in [5.74, 6) is -0.0803. The van der Waals surface area contributed by atoms with Gasteiger partial charge in [0.25, 0.3) is 5.91 Å². The summed E-state index contributed by atoms with van der Waals surface area (Å²) in [6.07, 6.45) is 2.51. The standard InChI is InChI=1S/C15H18BrN3O/c1-3-13-12(10-19(2)18-13)15(20)17-14(9-16)11-7-5-4-6-8-11/h4-8,10,14H,3,9H2,1-2H3,(H,17,20). The van der Waals surface area contributed by atoms with Gasteiger partial charge in [0, 0.05) is 18.6 Å². The minimum absolute atomic E-state index is 0.0476. The first-order valence-electron chi connectivity index (χ1n) is 6.60. The van der Waals surface area contributed by atoms with Crippen LogP contribution in [0.5, 0.6) is 0 Å². The molecule has 0 aliphatic carbocycles. The molecule has 0 spiro atoms. The summed E-state index contributed by atoms with van der Waals surface area (Å²) in [6.45, 7) is 2.00. The second-order valence-electron chi connectivity index (χ2n) is 4.61. The number of carbonyl (C=O) groups is 1. The van der Waals surface area contributed by atoms with Gasteiger partial charge >= 0.3 is 0 Å². The lowest BCUT2D eigenvalue weighted by Gasteiger charge is -2.16. The summed E-state index contributed by atoms with van der Waals surface area (Å²) >= 11 is 3.46. The lowest BCUT2D eigenvalue weighted by molar-refractivity contribution is 0.0940. The Balaban J connectivity index is 2.17. The molecule has 106 valence electrons. The SMILES string of the molecule is CCc1nn(C)cc1C(=O)NC(CBr)c1ccccc1. The first kappa shape index (κ1) is 14.8. The van der Waals surface area contributed by atoms with Gasteiger partial charge in [-0.2, -0.15) is 5.10 Å². The van der Waals surface area contributed by atoms with E-state index in [0.29, 0.717) is 10.9 Å². The van der Waals surface area contributed by atoms with Crippen LogP contribution in [0.3, 0.4) is 0 Å². The molecule has 0 bridgehead atoms. The number of aromatic nitrogens is 2. The van der Waals surface area contributed by atoms with Crippen LogP contribution in [0.25, 0.3) is 0 Å². The zero-order chi connectivity index (χ0) is 14.5. The van der Waals surface area contributed by atoms with E-state index in [1.165, 1.54) is 0 Å². The molecule has 1 unspecified atom stereocenters. The van der Waals surface area contributed by atoms with Crippen molar-refractivity contribution in [3.05, 3.63) is 53.3 Å². The molecule has 0 aliphatic heterocycles. The van der Waals surface area contributed by atoms with Gasteiger partial charge in [-0.1, -0.05) is 53.2 Å². The number of benzene rings is 1. The van der Waals surface area contributed by atoms with Crippen LogP contribution in [-0.2, 0) is 13.5 Å². The number of rotatable bonds is 5. The maximum Gasteiger partial charge on any atom is 0.255 e. The molecule has 0 saturated heterocycles. The number of nitrogens with zero attached hydrogens (tertiary/aromatic N) is 2. The van der Waals surface area contributed by atoms with Crippen molar-refractivity contribution in [2.75, 3.05) is 5.33 Å². The Morgan fingerprint density at radius 1 is 1.40 bits per heavy atom. The highest BCUT2D eigenvalue weighted by Gasteiger charge is 2.18. The molecule has 20 heavy (non-hydrogen) atoms. The van der Waals surface area contributed by atoms with Crippen molar-refractivity contribution in [2.24, 2.45) is 7.05 Å². The normalized spacial score (nSPS) is 12.2. The first-order valence-corrected chi connectivity index (χ1v) is 7.72. The summed E-state index contributed by atoms with van der Waals surface area (Å²) in [6, 6.07) is 9.88. The van der Waals surface area contributed by atoms with E-state index in [-0.39, 0.29) is 11.9 Å². The highest BCUT2D eigenvalue weighted by Crippen LogP contribution is 2.16. The molecule has 1 amide bonds. The van der Waals surface area contributed by atoms with Crippen LogP contribution in [0, 0.1) is 0 Å². The number of aryl methyl sites for hydroxylation is 2. The summed E-state index contributed by atoms with van der Waals surface area (Å²) in [4.78, 5) is 12.4. The van der Waals surface area contributed by atoms with Crippen molar-refractivity contribution in [1.82, 2.24) is 15.1 Å². The number of halogens is 1. The predicted octanol–water partition coefficient (Wildman–Crippen LogP) is 2.85. The molecule has 2 aromatic rings. The minimum atomic E-state index is -0.0803. The smallest absolute Gasteiger partial charge is 0.255 e. The van der Waals surface area contributed by atoms with E-state index in [0.717, 1.165) is 17.7 Å². The molecule has 2 rings (SSSR count). The van der Waals surface area contributed by atoms with E-state index in [1.54, 1.807) is 10.9 Å². The van der Waals surface area contributed by atoms with Gasteiger partial charge in [-0.15, -0.1) is 0 Å². The fourth-order valence-electron chi connectivity index (χ4n) is 2.12. The third-order valence-corrected chi connectivity index (χ3v) is 3.79. The molecular formula is C15H18BrN3O. The van der Waals surface area contributed by atoms with Crippen LogP contribution in [-0.4, -0.2) is 21.0 Å². The Labute approximate surface area is 127 Å². The van der Waals surface area contributed by atoms with E-state index in [2.05, 4.69) is 26.3 Å². The van der Waals surface area contributed by atoms with Crippen molar-refractivity contribution < 1.29 is 4.79 Å². The largest absolute Gasteiger partial charge is 0.344 e. The molecule has 1 aromatic heterocycles. The lowest BCUT2D eigenvalue weighted by atomic mass is 10.1. The summed E-state index contributed by atoms with van der Waals surface area (Å²) < 4.78 is 1.68. The fourth-order valence-corrected chi connectivity index (χ4v) is 2.65. The lowest BCUT2D eigenvalue weighted by Crippen LogP contribution is -2.29. The molecule has 1 atom stereocenters. The quantitative estimate of drug-likeness (QED) is 0.854. The van der Waals surface area contributed by atoms with E-state index >= 15 is 0 Å². The van der Waals surface area contributed by atoms with Crippen LogP contribution in [0.2, 0.25) is 0 Å². The van der Waals surface area contributed by atoms with Gasteiger partial charge in [-0.3, -0.25) is 9.48 Å². The predicted molar refractivity (Wildman–Crippen MR) is 83.0 cm³/mol. The van der Waals surface area contributed by atoms with Gasteiger partial charge in [0.2, 0.25) is 0 Å². The minimum Gasteiger partial charge on any atom is -0.344 e. The van der Waals surface area contributed by atoms with Crippen LogP contribution in [0.4, 0.5) is 0 Å². The number of hydrogen-bond acceptors (Lipinski definition) is 2. The zero-order valence-corrected chi connectivity index (χ0v) is 13.2. The molecule has 1 heterocycles. The van der Waals surface area contributed by atoms with Crippen LogP contribution in [0.1, 0.15) is 34.6 Å². The monoisotopic (exact) mass is 335 g/mol. The van der Waals surface area contributed by atoms with Crippen LogP contribution in [0.15, 0.2) is 36.5 Å². The summed E-state index contributed by atoms with van der Waals surface area (Å²) in [5.41, 5.74) is 2.56. The van der Waals surface area contributed by atoms with E-state index in [1.807, 2.05) is 44.3 Å². The first-order chi connectivity index (χ1) is 9.65. The van der Waals surface area contributed by atoms with E-state index in [4.69, 9.17) is 0 Å². The number of alkyl halides is 1. The summed E-state index contributed by atoms with van der Waals surface area (Å²) in [5, 5.41) is 8.02. The number of nitrogens with one attached hydrogen (secondary N) is 1. The highest BCUT2D eigenvalue weighted by atomic mass is 79.9. The topological polar surface area (TPSA) is 46.9 Å². The molecule has 4 nitrogen and oxygen atoms in total. The third kappa shape index (κ3) is 3.28. The maximum absolute atomic E-state index is 12.4. The van der Waals surface area contributed by atoms with Crippen molar-refractivity contribution in [2.45, 2.75) is 19.4 Å². The molecule has 0 aliphatic rings. The maximum atomic E-state index is 12.4. The number of carbonyl (C=O) groups excluding carboxylic acids is 1. The molecule has 0 saturated carbocycles. The molecule has 0 fully saturated rings. The zero-order valence-electron chi connectivity index (χ0n) is 11.6. The molecule has 0 radical (unpaired) electrons. The van der Waals surface area contributed by atoms with Gasteiger partial charge < -0.3 is 5.32 Å². The van der Waals surface area contributed by atoms with Gasteiger partial charge in [0.05, 0.1) is 17.3 Å². The Kier molecular flexibility index (Phi) is 4.95. The second kappa shape index (κ2) is 6.70. The van der Waals surface area contributed by atoms with Crippen molar-refractivity contribution in [1.29, 1.82) is 0 Å². The van der Waals surface area contributed by atoms with Crippen LogP contribution >= 0.6 is 15.9 Å². The third-order valence-electron chi connectivity index (χ3n) is 3.15. The second-order valence-corrected chi connectivity index (χ2v) is 5.26. The van der Waals surface area contributed by atoms with Gasteiger partial charge in [0.15, 0.2) is 0 Å². The average Bonchev–Trinajstić information content (AvgIpc) is 2.86. The Morgan fingerprint density at radius 2 is 2.10 bits per heavy atom. The molecular weight excluding hydrogens is 318 g/mol. The van der Waals surface area contributed by atoms with E-state index in [9.17, 15) is 4.79 Å². The van der Waals surface area contributed by atoms with Crippen molar-refractivity contribution in [3.63, 3.8) is 0 Å². The van der Waals surface area contributed by atoms with Gasteiger partial charge in [-0.25, -0.2) is 0 Å². The molecule has 1 N–H and O–H groups in total. The Morgan fingerprint density at radius 3 is 2.70 bits per heavy atom. The summed E-state index contributed by atoms with van der Waals surface area (Å²) in [7, 11) is 1.83. The average molecular weight is 336 g/mol. The molecule has 1 aromatic carbocycles. The van der Waals surface area contributed by atoms with Crippen molar-refractivity contribution in [3.8, 4) is 0 Å². The van der Waals surface area contributed by atoms with E-state index < -0.39 is 0 Å². The van der Waals surface area contributed by atoms with Gasteiger partial charge in [-0.05, 0) is 12.0 Å². The number of hydrogen-bond donors (Lipinski definition) is 1. The van der Waals surface area contributed by atoms with Crippen molar-refractivity contribution >= 4 is 21.8 Å². The fraction of sp³-hybridized carbons (Fsp3) is 0.333. The van der Waals surface area contributed by atoms with Gasteiger partial charge in [0.1, 0.15) is 0 Å². The van der Waals surface area contributed by atoms with Crippen LogP contribution < -0.4 is 5.32 Å². The Bertz CT molecular complexity index is 580. The number of amides is 1.